The van der Waals surface area contributed by atoms with Crippen LogP contribution in [0.25, 0.3) is 10.7 Å². The van der Waals surface area contributed by atoms with Crippen molar-refractivity contribution in [2.75, 3.05) is 12.8 Å². The van der Waals surface area contributed by atoms with Crippen LogP contribution in [-0.2, 0) is 16.6 Å². The Kier molecular flexibility index (Phi) is 5.57. The molecule has 1 aromatic carbocycles. The summed E-state index contributed by atoms with van der Waals surface area (Å²) in [6.07, 6.45) is 1.95. The van der Waals surface area contributed by atoms with Crippen LogP contribution < -0.4 is 0 Å². The Labute approximate surface area is 154 Å². The molecule has 0 spiro atoms. The highest BCUT2D eigenvalue weighted by atomic mass is 32.2. The Morgan fingerprint density at radius 1 is 1.24 bits per heavy atom. The molecule has 0 saturated heterocycles. The van der Waals surface area contributed by atoms with Crippen molar-refractivity contribution in [3.8, 4) is 10.7 Å². The fourth-order valence-electron chi connectivity index (χ4n) is 2.24. The van der Waals surface area contributed by atoms with E-state index in [1.54, 1.807) is 43.0 Å². The summed E-state index contributed by atoms with van der Waals surface area (Å²) in [5.74, 6) is 0.748. The van der Waals surface area contributed by atoms with Gasteiger partial charge in [-0.15, -0.1) is 23.1 Å². The van der Waals surface area contributed by atoms with Crippen LogP contribution in [0.1, 0.15) is 12.8 Å². The van der Waals surface area contributed by atoms with E-state index < -0.39 is 10.0 Å². The molecule has 0 fully saturated rings. The van der Waals surface area contributed by atoms with Gasteiger partial charge in [0.25, 0.3) is 0 Å². The van der Waals surface area contributed by atoms with Gasteiger partial charge in [-0.25, -0.2) is 8.42 Å². The number of benzene rings is 1. The molecule has 0 unspecified atom stereocenters. The molecular weight excluding hydrogens is 378 g/mol. The largest absolute Gasteiger partial charge is 0.337 e. The van der Waals surface area contributed by atoms with Gasteiger partial charge in [-0.3, -0.25) is 0 Å². The molecule has 132 valence electrons. The maximum Gasteiger partial charge on any atom is 0.243 e. The summed E-state index contributed by atoms with van der Waals surface area (Å²) >= 11 is 3.07. The van der Waals surface area contributed by atoms with E-state index in [0.717, 1.165) is 9.77 Å². The van der Waals surface area contributed by atoms with E-state index in [0.29, 0.717) is 12.4 Å². The molecule has 3 rings (SSSR count). The van der Waals surface area contributed by atoms with Crippen LogP contribution in [0.2, 0.25) is 0 Å². The molecular formula is C16H17N3O3S3. The topological polar surface area (TPSA) is 76.3 Å². The number of thiophene rings is 1. The predicted molar refractivity (Wildman–Crippen MR) is 99.1 cm³/mol. The average Bonchev–Trinajstić information content (AvgIpc) is 3.31. The minimum atomic E-state index is -3.62. The van der Waals surface area contributed by atoms with Crippen LogP contribution in [0.4, 0.5) is 0 Å². The highest BCUT2D eigenvalue weighted by Crippen LogP contribution is 2.24. The number of hydrogen-bond donors (Lipinski definition) is 0. The average molecular weight is 396 g/mol. The summed E-state index contributed by atoms with van der Waals surface area (Å²) in [4.78, 5) is 6.45. The van der Waals surface area contributed by atoms with Gasteiger partial charge in [-0.2, -0.15) is 9.29 Å². The van der Waals surface area contributed by atoms with Gasteiger partial charge < -0.3 is 4.52 Å². The Hall–Kier alpha value is -1.68. The quantitative estimate of drug-likeness (QED) is 0.567. The highest BCUT2D eigenvalue weighted by molar-refractivity contribution is 7.98. The van der Waals surface area contributed by atoms with E-state index in [1.165, 1.54) is 15.6 Å². The monoisotopic (exact) mass is 395 g/mol. The molecule has 0 radical (unpaired) electrons. The zero-order valence-electron chi connectivity index (χ0n) is 13.7. The summed E-state index contributed by atoms with van der Waals surface area (Å²) in [6, 6.07) is 10.6. The van der Waals surface area contributed by atoms with Crippen LogP contribution in [0, 0.1) is 0 Å². The number of thioether (sulfide) groups is 1. The SMILES string of the molecule is CCN(Cc1nc(-c2cccs2)no1)S(=O)(=O)c1ccc(SC)cc1. The lowest BCUT2D eigenvalue weighted by molar-refractivity contribution is 0.321. The van der Waals surface area contributed by atoms with Crippen molar-refractivity contribution in [2.24, 2.45) is 0 Å². The van der Waals surface area contributed by atoms with Crippen LogP contribution in [0.5, 0.6) is 0 Å². The second kappa shape index (κ2) is 7.69. The number of aromatic nitrogens is 2. The standard InChI is InChI=1S/C16H17N3O3S3/c1-3-19(25(20,21)13-8-6-12(23-2)7-9-13)11-15-17-16(18-22-15)14-5-4-10-24-14/h4-10H,3,11H2,1-2H3. The zero-order valence-corrected chi connectivity index (χ0v) is 16.2. The molecule has 0 saturated carbocycles. The zero-order chi connectivity index (χ0) is 17.9. The fraction of sp³-hybridized carbons (Fsp3) is 0.250. The first-order chi connectivity index (χ1) is 12.0. The first-order valence-corrected chi connectivity index (χ1v) is 11.1. The van der Waals surface area contributed by atoms with Crippen molar-refractivity contribution in [3.05, 3.63) is 47.7 Å². The molecule has 9 heteroatoms. The number of rotatable bonds is 7. The van der Waals surface area contributed by atoms with E-state index in [-0.39, 0.29) is 17.3 Å². The molecule has 3 aromatic rings. The Bertz CT molecular complexity index is 919. The van der Waals surface area contributed by atoms with Crippen molar-refractivity contribution >= 4 is 33.1 Å². The second-order valence-corrected chi connectivity index (χ2v) is 8.86. The second-order valence-electron chi connectivity index (χ2n) is 5.10. The summed E-state index contributed by atoms with van der Waals surface area (Å²) in [5, 5.41) is 5.85. The summed E-state index contributed by atoms with van der Waals surface area (Å²) in [6.45, 7) is 2.13. The minimum absolute atomic E-state index is 0.0431. The number of nitrogens with zero attached hydrogens (tertiary/aromatic N) is 3. The van der Waals surface area contributed by atoms with Crippen molar-refractivity contribution in [1.82, 2.24) is 14.4 Å². The van der Waals surface area contributed by atoms with Crippen molar-refractivity contribution in [2.45, 2.75) is 23.3 Å². The highest BCUT2D eigenvalue weighted by Gasteiger charge is 2.25. The molecule has 0 aliphatic heterocycles. The molecule has 0 aliphatic carbocycles. The van der Waals surface area contributed by atoms with E-state index in [4.69, 9.17) is 4.52 Å². The first kappa shape index (κ1) is 18.1. The Morgan fingerprint density at radius 2 is 2.00 bits per heavy atom. The maximum atomic E-state index is 12.8. The normalized spacial score (nSPS) is 12.0. The van der Waals surface area contributed by atoms with Gasteiger partial charge in [0.05, 0.1) is 16.3 Å². The van der Waals surface area contributed by atoms with Gasteiger partial charge in [0, 0.05) is 11.4 Å². The van der Waals surface area contributed by atoms with Gasteiger partial charge in [0.2, 0.25) is 21.7 Å². The van der Waals surface area contributed by atoms with Crippen molar-refractivity contribution in [3.63, 3.8) is 0 Å². The van der Waals surface area contributed by atoms with Crippen LogP contribution >= 0.6 is 23.1 Å². The summed E-state index contributed by atoms with van der Waals surface area (Å²) < 4.78 is 32.2. The lowest BCUT2D eigenvalue weighted by atomic mass is 10.4. The van der Waals surface area contributed by atoms with Gasteiger partial charge in [0.1, 0.15) is 0 Å². The van der Waals surface area contributed by atoms with E-state index >= 15 is 0 Å². The van der Waals surface area contributed by atoms with Gasteiger partial charge in [-0.05, 0) is 42.0 Å². The van der Waals surface area contributed by atoms with Gasteiger partial charge >= 0.3 is 0 Å². The molecule has 0 N–H and O–H groups in total. The third-order valence-electron chi connectivity index (χ3n) is 3.57. The molecule has 0 atom stereocenters. The minimum Gasteiger partial charge on any atom is -0.337 e. The Morgan fingerprint density at radius 3 is 2.60 bits per heavy atom. The molecule has 0 bridgehead atoms. The molecule has 2 heterocycles. The van der Waals surface area contributed by atoms with Crippen LogP contribution in [0.15, 0.2) is 56.1 Å². The summed E-state index contributed by atoms with van der Waals surface area (Å²) in [5.41, 5.74) is 0. The third-order valence-corrected chi connectivity index (χ3v) is 7.12. The van der Waals surface area contributed by atoms with Crippen molar-refractivity contribution < 1.29 is 12.9 Å². The van der Waals surface area contributed by atoms with Crippen LogP contribution in [-0.4, -0.2) is 35.7 Å². The van der Waals surface area contributed by atoms with Gasteiger partial charge in [-0.1, -0.05) is 18.1 Å². The van der Waals surface area contributed by atoms with E-state index in [9.17, 15) is 8.42 Å². The molecule has 25 heavy (non-hydrogen) atoms. The first-order valence-electron chi connectivity index (χ1n) is 7.55. The lowest BCUT2D eigenvalue weighted by Crippen LogP contribution is -2.30. The summed E-state index contributed by atoms with van der Waals surface area (Å²) in [7, 11) is -3.62. The van der Waals surface area contributed by atoms with Gasteiger partial charge in [0.15, 0.2) is 0 Å². The van der Waals surface area contributed by atoms with Crippen molar-refractivity contribution in [1.29, 1.82) is 0 Å². The number of sulfonamides is 1. The molecule has 2 aromatic heterocycles. The molecule has 0 amide bonds. The smallest absolute Gasteiger partial charge is 0.243 e. The molecule has 0 aliphatic rings. The van der Waals surface area contributed by atoms with Crippen LogP contribution in [0.3, 0.4) is 0 Å². The Balaban J connectivity index is 1.81. The fourth-order valence-corrected chi connectivity index (χ4v) is 4.70. The third kappa shape index (κ3) is 3.95. The molecule has 6 nitrogen and oxygen atoms in total. The van der Waals surface area contributed by atoms with E-state index in [1.807, 2.05) is 23.8 Å². The predicted octanol–water partition coefficient (Wildman–Crippen LogP) is 3.73. The maximum absolute atomic E-state index is 12.8. The lowest BCUT2D eigenvalue weighted by Gasteiger charge is -2.18. The number of hydrogen-bond acceptors (Lipinski definition) is 7. The van der Waals surface area contributed by atoms with E-state index in [2.05, 4.69) is 10.1 Å².